The first-order valence-corrected chi connectivity index (χ1v) is 11.7. The SMILES string of the molecule is COc1ccc(NC(=O)C(Nc2ccccc2)c2ccc(/C=C/C(=O)Nc3ccccc3N)cc2)cc1. The zero-order valence-electron chi connectivity index (χ0n) is 20.3. The van der Waals surface area contributed by atoms with Crippen molar-refractivity contribution in [1.29, 1.82) is 0 Å². The number of methoxy groups -OCH3 is 1. The van der Waals surface area contributed by atoms with Gasteiger partial charge in [-0.15, -0.1) is 0 Å². The highest BCUT2D eigenvalue weighted by Gasteiger charge is 2.21. The minimum atomic E-state index is -0.646. The lowest BCUT2D eigenvalue weighted by Gasteiger charge is -2.20. The number of nitrogen functional groups attached to an aromatic ring is 1. The zero-order valence-corrected chi connectivity index (χ0v) is 20.3. The van der Waals surface area contributed by atoms with Gasteiger partial charge in [-0.25, -0.2) is 0 Å². The molecule has 1 unspecified atom stereocenters. The number of carbonyl (C=O) groups excluding carboxylic acids is 2. The maximum absolute atomic E-state index is 13.3. The van der Waals surface area contributed by atoms with Crippen LogP contribution in [0.3, 0.4) is 0 Å². The molecule has 0 fully saturated rings. The van der Waals surface area contributed by atoms with Crippen LogP contribution in [0.2, 0.25) is 0 Å². The maximum atomic E-state index is 13.3. The highest BCUT2D eigenvalue weighted by atomic mass is 16.5. The monoisotopic (exact) mass is 492 g/mol. The number of carbonyl (C=O) groups is 2. The number of hydrogen-bond acceptors (Lipinski definition) is 5. The summed E-state index contributed by atoms with van der Waals surface area (Å²) in [5, 5.41) is 9.03. The number of amides is 2. The van der Waals surface area contributed by atoms with Gasteiger partial charge in [0.2, 0.25) is 5.91 Å². The Morgan fingerprint density at radius 3 is 2.14 bits per heavy atom. The number of benzene rings is 4. The molecule has 1 atom stereocenters. The Labute approximate surface area is 216 Å². The van der Waals surface area contributed by atoms with Crippen molar-refractivity contribution in [1.82, 2.24) is 0 Å². The molecule has 37 heavy (non-hydrogen) atoms. The number of hydrogen-bond donors (Lipinski definition) is 4. The van der Waals surface area contributed by atoms with Crippen molar-refractivity contribution < 1.29 is 14.3 Å². The molecule has 0 radical (unpaired) electrons. The Kier molecular flexibility index (Phi) is 8.18. The van der Waals surface area contributed by atoms with Gasteiger partial charge in [-0.05, 0) is 65.7 Å². The second kappa shape index (κ2) is 12.1. The Hall–Kier alpha value is -5.04. The fraction of sp³-hybridized carbons (Fsp3) is 0.0667. The average Bonchev–Trinajstić information content (AvgIpc) is 2.93. The van der Waals surface area contributed by atoms with Gasteiger partial charge < -0.3 is 26.4 Å². The number of anilines is 4. The molecule has 5 N–H and O–H groups in total. The summed E-state index contributed by atoms with van der Waals surface area (Å²) in [6.07, 6.45) is 3.15. The average molecular weight is 493 g/mol. The van der Waals surface area contributed by atoms with Crippen molar-refractivity contribution in [3.8, 4) is 5.75 Å². The van der Waals surface area contributed by atoms with Crippen molar-refractivity contribution in [2.45, 2.75) is 6.04 Å². The third-order valence-electron chi connectivity index (χ3n) is 5.62. The summed E-state index contributed by atoms with van der Waals surface area (Å²) >= 11 is 0. The lowest BCUT2D eigenvalue weighted by molar-refractivity contribution is -0.117. The predicted molar refractivity (Wildman–Crippen MR) is 149 cm³/mol. The van der Waals surface area contributed by atoms with Crippen LogP contribution in [0.25, 0.3) is 6.08 Å². The van der Waals surface area contributed by atoms with Crippen molar-refractivity contribution in [2.24, 2.45) is 0 Å². The van der Waals surface area contributed by atoms with Gasteiger partial charge in [-0.1, -0.05) is 54.6 Å². The molecule has 4 aromatic carbocycles. The van der Waals surface area contributed by atoms with E-state index in [2.05, 4.69) is 16.0 Å². The van der Waals surface area contributed by atoms with E-state index in [1.54, 1.807) is 61.7 Å². The first kappa shape index (κ1) is 25.1. The summed E-state index contributed by atoms with van der Waals surface area (Å²) in [6, 6.07) is 30.6. The molecule has 4 rings (SSSR count). The van der Waals surface area contributed by atoms with E-state index in [0.29, 0.717) is 22.8 Å². The van der Waals surface area contributed by atoms with E-state index < -0.39 is 6.04 Å². The van der Waals surface area contributed by atoms with Crippen LogP contribution in [0.4, 0.5) is 22.7 Å². The van der Waals surface area contributed by atoms with E-state index >= 15 is 0 Å². The second-order valence-electron chi connectivity index (χ2n) is 8.24. The van der Waals surface area contributed by atoms with E-state index in [-0.39, 0.29) is 11.8 Å². The van der Waals surface area contributed by atoms with Crippen LogP contribution >= 0.6 is 0 Å². The number of nitrogens with two attached hydrogens (primary N) is 1. The van der Waals surface area contributed by atoms with E-state index in [1.165, 1.54) is 6.08 Å². The van der Waals surface area contributed by atoms with Crippen LogP contribution in [0.15, 0.2) is 109 Å². The van der Waals surface area contributed by atoms with Crippen molar-refractivity contribution in [3.05, 3.63) is 120 Å². The van der Waals surface area contributed by atoms with Crippen LogP contribution in [0.5, 0.6) is 5.75 Å². The zero-order chi connectivity index (χ0) is 26.0. The van der Waals surface area contributed by atoms with Crippen molar-refractivity contribution >= 4 is 40.6 Å². The molecule has 7 nitrogen and oxygen atoms in total. The van der Waals surface area contributed by atoms with Crippen LogP contribution in [-0.4, -0.2) is 18.9 Å². The summed E-state index contributed by atoms with van der Waals surface area (Å²) < 4.78 is 5.19. The lowest BCUT2D eigenvalue weighted by Crippen LogP contribution is -2.27. The summed E-state index contributed by atoms with van der Waals surface area (Å²) in [4.78, 5) is 25.6. The third kappa shape index (κ3) is 6.99. The van der Waals surface area contributed by atoms with E-state index in [4.69, 9.17) is 10.5 Å². The van der Waals surface area contributed by atoms with Gasteiger partial charge in [0.25, 0.3) is 5.91 Å². The summed E-state index contributed by atoms with van der Waals surface area (Å²) in [5.74, 6) is 0.211. The van der Waals surface area contributed by atoms with Crippen molar-refractivity contribution in [2.75, 3.05) is 28.8 Å². The highest BCUT2D eigenvalue weighted by molar-refractivity contribution is 6.03. The normalized spacial score (nSPS) is 11.5. The molecule has 0 saturated heterocycles. The maximum Gasteiger partial charge on any atom is 0.251 e. The molecule has 0 aromatic heterocycles. The molecular weight excluding hydrogens is 464 g/mol. The second-order valence-corrected chi connectivity index (χ2v) is 8.24. The van der Waals surface area contributed by atoms with Gasteiger partial charge in [0.15, 0.2) is 0 Å². The number of para-hydroxylation sites is 3. The highest BCUT2D eigenvalue weighted by Crippen LogP contribution is 2.24. The van der Waals surface area contributed by atoms with Crippen LogP contribution in [0, 0.1) is 0 Å². The minimum Gasteiger partial charge on any atom is -0.497 e. The first-order chi connectivity index (χ1) is 18.0. The molecule has 0 saturated carbocycles. The molecule has 0 aliphatic rings. The van der Waals surface area contributed by atoms with Crippen molar-refractivity contribution in [3.63, 3.8) is 0 Å². The smallest absolute Gasteiger partial charge is 0.251 e. The summed E-state index contributed by atoms with van der Waals surface area (Å²) in [7, 11) is 1.60. The molecular formula is C30H28N4O3. The number of rotatable bonds is 9. The molecule has 0 spiro atoms. The quantitative estimate of drug-likeness (QED) is 0.177. The van der Waals surface area contributed by atoms with Crippen LogP contribution in [-0.2, 0) is 9.59 Å². The third-order valence-corrected chi connectivity index (χ3v) is 5.62. The van der Waals surface area contributed by atoms with E-state index in [1.807, 2.05) is 54.6 Å². The molecule has 4 aromatic rings. The summed E-state index contributed by atoms with van der Waals surface area (Å²) in [6.45, 7) is 0. The predicted octanol–water partition coefficient (Wildman–Crippen LogP) is 5.72. The first-order valence-electron chi connectivity index (χ1n) is 11.7. The van der Waals surface area contributed by atoms with Gasteiger partial charge in [0.05, 0.1) is 18.5 Å². The lowest BCUT2D eigenvalue weighted by atomic mass is 10.0. The number of ether oxygens (including phenoxy) is 1. The Balaban J connectivity index is 1.48. The van der Waals surface area contributed by atoms with Crippen LogP contribution in [0.1, 0.15) is 17.2 Å². The standard InChI is InChI=1S/C30H28N4O3/c1-37-25-18-16-24(17-19-25)33-30(36)29(32-23-7-3-2-4-8-23)22-14-11-21(12-15-22)13-20-28(35)34-27-10-6-5-9-26(27)31/h2-20,29,32H,31H2,1H3,(H,33,36)(H,34,35)/b20-13+. The molecule has 0 aliphatic carbocycles. The Morgan fingerprint density at radius 1 is 0.784 bits per heavy atom. The van der Waals surface area contributed by atoms with E-state index in [9.17, 15) is 9.59 Å². The topological polar surface area (TPSA) is 105 Å². The van der Waals surface area contributed by atoms with Gasteiger partial charge in [-0.2, -0.15) is 0 Å². The number of nitrogens with one attached hydrogen (secondary N) is 3. The Bertz CT molecular complexity index is 1370. The van der Waals surface area contributed by atoms with Gasteiger partial charge in [0, 0.05) is 17.5 Å². The van der Waals surface area contributed by atoms with Crippen LogP contribution < -0.4 is 26.4 Å². The molecule has 186 valence electrons. The van der Waals surface area contributed by atoms with Gasteiger partial charge in [0.1, 0.15) is 11.8 Å². The van der Waals surface area contributed by atoms with Gasteiger partial charge in [-0.3, -0.25) is 9.59 Å². The largest absolute Gasteiger partial charge is 0.497 e. The molecule has 7 heteroatoms. The minimum absolute atomic E-state index is 0.211. The Morgan fingerprint density at radius 2 is 1.46 bits per heavy atom. The molecule has 2 amide bonds. The summed E-state index contributed by atoms with van der Waals surface area (Å²) in [5.41, 5.74) is 10.0. The molecule has 0 bridgehead atoms. The fourth-order valence-electron chi connectivity index (χ4n) is 3.65. The molecule has 0 aliphatic heterocycles. The van der Waals surface area contributed by atoms with E-state index in [0.717, 1.165) is 16.8 Å². The fourth-order valence-corrected chi connectivity index (χ4v) is 3.65. The molecule has 0 heterocycles. The van der Waals surface area contributed by atoms with Gasteiger partial charge >= 0.3 is 0 Å².